The van der Waals surface area contributed by atoms with Crippen LogP contribution >= 0.6 is 0 Å². The fourth-order valence-corrected chi connectivity index (χ4v) is 2.83. The van der Waals surface area contributed by atoms with Gasteiger partial charge < -0.3 is 10.2 Å². The maximum absolute atomic E-state index is 12.0. The van der Waals surface area contributed by atoms with Crippen molar-refractivity contribution in [1.82, 2.24) is 24.9 Å². The van der Waals surface area contributed by atoms with Crippen LogP contribution in [0.4, 0.5) is 0 Å². The summed E-state index contributed by atoms with van der Waals surface area (Å²) in [7, 11) is 0. The van der Waals surface area contributed by atoms with Gasteiger partial charge in [-0.25, -0.2) is 0 Å². The lowest BCUT2D eigenvalue weighted by molar-refractivity contribution is -0.122. The van der Waals surface area contributed by atoms with Crippen LogP contribution in [0.5, 0.6) is 0 Å². The molecule has 2 rings (SSSR count). The molecule has 1 aliphatic heterocycles. The molecule has 6 nitrogen and oxygen atoms in total. The highest BCUT2D eigenvalue weighted by Gasteiger charge is 2.17. The van der Waals surface area contributed by atoms with Gasteiger partial charge in [-0.1, -0.05) is 6.92 Å². The van der Waals surface area contributed by atoms with E-state index in [0.29, 0.717) is 13.1 Å². The smallest absolute Gasteiger partial charge is 0.234 e. The molecule has 1 fully saturated rings. The third-order valence-electron chi connectivity index (χ3n) is 4.67. The fraction of sp³-hybridized carbons (Fsp3) is 0.750. The van der Waals surface area contributed by atoms with E-state index in [2.05, 4.69) is 41.0 Å². The Balaban J connectivity index is 1.69. The highest BCUT2D eigenvalue weighted by atomic mass is 16.2. The predicted molar refractivity (Wildman–Crippen MR) is 88.0 cm³/mol. The number of aromatic nitrogens is 2. The zero-order chi connectivity index (χ0) is 16.1. The maximum atomic E-state index is 12.0. The monoisotopic (exact) mass is 307 g/mol. The normalized spacial score (nSPS) is 16.9. The number of aryl methyl sites for hydroxylation is 1. The quantitative estimate of drug-likeness (QED) is 0.834. The molecule has 0 spiro atoms. The molecule has 0 atom stereocenters. The van der Waals surface area contributed by atoms with Crippen LogP contribution in [0.25, 0.3) is 0 Å². The van der Waals surface area contributed by atoms with Crippen LogP contribution in [-0.2, 0) is 11.3 Å². The first kappa shape index (κ1) is 17.0. The van der Waals surface area contributed by atoms with Gasteiger partial charge >= 0.3 is 0 Å². The number of piperazine rings is 1. The summed E-state index contributed by atoms with van der Waals surface area (Å²) in [4.78, 5) is 16.7. The van der Waals surface area contributed by atoms with Gasteiger partial charge in [0.25, 0.3) is 0 Å². The summed E-state index contributed by atoms with van der Waals surface area (Å²) in [6, 6.07) is 0. The minimum atomic E-state index is 0.114. The Morgan fingerprint density at radius 1 is 1.14 bits per heavy atom. The van der Waals surface area contributed by atoms with Crippen LogP contribution < -0.4 is 5.32 Å². The maximum Gasteiger partial charge on any atom is 0.234 e. The molecular weight excluding hydrogens is 278 g/mol. The summed E-state index contributed by atoms with van der Waals surface area (Å²) in [5.74, 6) is 0.114. The van der Waals surface area contributed by atoms with Gasteiger partial charge in [0.1, 0.15) is 0 Å². The van der Waals surface area contributed by atoms with Gasteiger partial charge in [0.15, 0.2) is 0 Å². The summed E-state index contributed by atoms with van der Waals surface area (Å²) >= 11 is 0. The van der Waals surface area contributed by atoms with Crippen molar-refractivity contribution in [1.29, 1.82) is 0 Å². The molecule has 22 heavy (non-hydrogen) atoms. The molecule has 2 heterocycles. The van der Waals surface area contributed by atoms with Crippen LogP contribution in [0.3, 0.4) is 0 Å². The summed E-state index contributed by atoms with van der Waals surface area (Å²) < 4.78 is 1.98. The van der Waals surface area contributed by atoms with E-state index >= 15 is 0 Å². The van der Waals surface area contributed by atoms with Crippen molar-refractivity contribution in [3.05, 3.63) is 17.0 Å². The number of nitrogens with zero attached hydrogens (tertiary/aromatic N) is 4. The second-order valence-corrected chi connectivity index (χ2v) is 6.08. The van der Waals surface area contributed by atoms with Crippen LogP contribution in [0.15, 0.2) is 0 Å². The van der Waals surface area contributed by atoms with Crippen molar-refractivity contribution in [3.8, 4) is 0 Å². The van der Waals surface area contributed by atoms with E-state index in [4.69, 9.17) is 0 Å². The first-order chi connectivity index (χ1) is 10.5. The van der Waals surface area contributed by atoms with Gasteiger partial charge in [-0.15, -0.1) is 0 Å². The first-order valence-electron chi connectivity index (χ1n) is 8.23. The molecule has 0 bridgehead atoms. The lowest BCUT2D eigenvalue weighted by Crippen LogP contribution is -2.49. The van der Waals surface area contributed by atoms with E-state index in [1.54, 1.807) is 0 Å². The van der Waals surface area contributed by atoms with E-state index in [-0.39, 0.29) is 5.91 Å². The number of carbonyl (C=O) groups is 1. The van der Waals surface area contributed by atoms with Crippen molar-refractivity contribution < 1.29 is 4.79 Å². The van der Waals surface area contributed by atoms with Gasteiger partial charge in [0.2, 0.25) is 5.91 Å². The average molecular weight is 307 g/mol. The molecule has 1 aromatic heterocycles. The van der Waals surface area contributed by atoms with E-state index in [1.807, 2.05) is 11.6 Å². The van der Waals surface area contributed by atoms with Crippen molar-refractivity contribution in [2.24, 2.45) is 0 Å². The Kier molecular flexibility index (Phi) is 5.97. The van der Waals surface area contributed by atoms with Crippen molar-refractivity contribution in [2.45, 2.75) is 34.2 Å². The third kappa shape index (κ3) is 4.30. The summed E-state index contributed by atoms with van der Waals surface area (Å²) in [5.41, 5.74) is 3.49. The molecule has 1 saturated heterocycles. The minimum absolute atomic E-state index is 0.114. The summed E-state index contributed by atoms with van der Waals surface area (Å²) in [6.45, 7) is 15.4. The Hall–Kier alpha value is -1.40. The zero-order valence-electron chi connectivity index (χ0n) is 14.4. The Morgan fingerprint density at radius 3 is 2.32 bits per heavy atom. The molecule has 0 radical (unpaired) electrons. The second kappa shape index (κ2) is 7.74. The molecule has 1 N–H and O–H groups in total. The number of hydrogen-bond acceptors (Lipinski definition) is 4. The van der Waals surface area contributed by atoms with Gasteiger partial charge in [-0.05, 0) is 32.9 Å². The van der Waals surface area contributed by atoms with Crippen LogP contribution in [0, 0.1) is 20.8 Å². The van der Waals surface area contributed by atoms with E-state index in [9.17, 15) is 4.79 Å². The highest BCUT2D eigenvalue weighted by Crippen LogP contribution is 2.10. The molecule has 0 unspecified atom stereocenters. The van der Waals surface area contributed by atoms with Gasteiger partial charge in [0, 0.05) is 38.4 Å². The second-order valence-electron chi connectivity index (χ2n) is 6.08. The number of carbonyl (C=O) groups excluding carboxylic acids is 1. The van der Waals surface area contributed by atoms with Crippen LogP contribution in [0.2, 0.25) is 0 Å². The molecule has 1 aromatic rings. The molecular formula is C16H29N5O. The molecule has 0 aromatic carbocycles. The van der Waals surface area contributed by atoms with E-state index in [0.717, 1.165) is 45.0 Å². The fourth-order valence-electron chi connectivity index (χ4n) is 2.83. The first-order valence-corrected chi connectivity index (χ1v) is 8.23. The average Bonchev–Trinajstić information content (AvgIpc) is 2.75. The molecule has 124 valence electrons. The lowest BCUT2D eigenvalue weighted by atomic mass is 10.2. The van der Waals surface area contributed by atoms with Gasteiger partial charge in [-0.2, -0.15) is 5.10 Å². The van der Waals surface area contributed by atoms with Crippen molar-refractivity contribution >= 4 is 5.91 Å². The minimum Gasteiger partial charge on any atom is -0.353 e. The standard InChI is InChI=1S/C16H29N5O/c1-5-19-8-10-20(11-9-19)12-16(22)17-6-7-21-15(4)13(2)14(3)18-21/h5-12H2,1-4H3,(H,17,22). The molecule has 0 saturated carbocycles. The number of nitrogens with one attached hydrogen (secondary N) is 1. The van der Waals surface area contributed by atoms with Gasteiger partial charge in [0.05, 0.1) is 18.8 Å². The zero-order valence-corrected chi connectivity index (χ0v) is 14.4. The molecule has 1 aliphatic rings. The number of rotatable bonds is 6. The van der Waals surface area contributed by atoms with Crippen LogP contribution in [-0.4, -0.2) is 71.3 Å². The Bertz CT molecular complexity index is 503. The van der Waals surface area contributed by atoms with E-state index < -0.39 is 0 Å². The Morgan fingerprint density at radius 2 is 1.77 bits per heavy atom. The molecule has 0 aliphatic carbocycles. The number of hydrogen-bond donors (Lipinski definition) is 1. The Labute approximate surface area is 133 Å². The van der Waals surface area contributed by atoms with Crippen molar-refractivity contribution in [3.63, 3.8) is 0 Å². The summed E-state index contributed by atoms with van der Waals surface area (Å²) in [5, 5.41) is 7.49. The van der Waals surface area contributed by atoms with Crippen LogP contribution in [0.1, 0.15) is 23.9 Å². The molecule has 1 amide bonds. The largest absolute Gasteiger partial charge is 0.353 e. The van der Waals surface area contributed by atoms with Gasteiger partial charge in [-0.3, -0.25) is 14.4 Å². The summed E-state index contributed by atoms with van der Waals surface area (Å²) in [6.07, 6.45) is 0. The van der Waals surface area contributed by atoms with Crippen molar-refractivity contribution in [2.75, 3.05) is 45.8 Å². The highest BCUT2D eigenvalue weighted by molar-refractivity contribution is 5.77. The number of amides is 1. The topological polar surface area (TPSA) is 53.4 Å². The third-order valence-corrected chi connectivity index (χ3v) is 4.67. The number of likely N-dealkylation sites (N-methyl/N-ethyl adjacent to an activating group) is 1. The SMILES string of the molecule is CCN1CCN(CC(=O)NCCn2nc(C)c(C)c2C)CC1. The lowest BCUT2D eigenvalue weighted by Gasteiger charge is -2.33. The molecule has 6 heteroatoms. The van der Waals surface area contributed by atoms with E-state index in [1.165, 1.54) is 11.3 Å². The predicted octanol–water partition coefficient (Wildman–Crippen LogP) is 0.562.